The largest absolute Gasteiger partial charge is 0.466 e. The highest BCUT2D eigenvalue weighted by Gasteiger charge is 2.22. The molecule has 3 heteroatoms. The van der Waals surface area contributed by atoms with Gasteiger partial charge < -0.3 is 9.47 Å². The van der Waals surface area contributed by atoms with Crippen molar-refractivity contribution in [1.82, 2.24) is 0 Å². The lowest BCUT2D eigenvalue weighted by molar-refractivity contribution is -0.136. The van der Waals surface area contributed by atoms with Gasteiger partial charge in [-0.15, -0.1) is 0 Å². The summed E-state index contributed by atoms with van der Waals surface area (Å²) < 4.78 is 10.2. The number of hydrogen-bond donors (Lipinski definition) is 0. The first kappa shape index (κ1) is 9.77. The third-order valence-corrected chi connectivity index (χ3v) is 2.46. The van der Waals surface area contributed by atoms with E-state index < -0.39 is 0 Å². The fourth-order valence-corrected chi connectivity index (χ4v) is 1.63. The molecule has 0 fully saturated rings. The standard InChI is InChI=1S/C12H12O3/c1-8-10(12(13)14-2)7-9-5-3-4-6-11(9)15-8/h3-6H,7H2,1-2H3. The first-order valence-corrected chi connectivity index (χ1v) is 4.76. The zero-order valence-electron chi connectivity index (χ0n) is 8.74. The van der Waals surface area contributed by atoms with Crippen LogP contribution >= 0.6 is 0 Å². The molecule has 0 N–H and O–H groups in total. The van der Waals surface area contributed by atoms with Crippen molar-refractivity contribution >= 4 is 5.97 Å². The van der Waals surface area contributed by atoms with Crippen molar-refractivity contribution in [2.45, 2.75) is 13.3 Å². The van der Waals surface area contributed by atoms with E-state index >= 15 is 0 Å². The third-order valence-electron chi connectivity index (χ3n) is 2.46. The van der Waals surface area contributed by atoms with Crippen molar-refractivity contribution in [3.8, 4) is 5.75 Å². The maximum Gasteiger partial charge on any atom is 0.337 e. The Kier molecular flexibility index (Phi) is 2.46. The Bertz CT molecular complexity index is 432. The second-order valence-corrected chi connectivity index (χ2v) is 3.41. The SMILES string of the molecule is COC(=O)C1=C(C)Oc2ccccc2C1. The van der Waals surface area contributed by atoms with Crippen molar-refractivity contribution in [2.75, 3.05) is 7.11 Å². The highest BCUT2D eigenvalue weighted by Crippen LogP contribution is 2.29. The molecule has 1 aliphatic rings. The fourth-order valence-electron chi connectivity index (χ4n) is 1.63. The molecule has 0 radical (unpaired) electrons. The number of ether oxygens (including phenoxy) is 2. The van der Waals surface area contributed by atoms with Gasteiger partial charge in [-0.05, 0) is 18.6 Å². The van der Waals surface area contributed by atoms with E-state index in [1.165, 1.54) is 7.11 Å². The molecule has 2 rings (SSSR count). The smallest absolute Gasteiger partial charge is 0.337 e. The van der Waals surface area contributed by atoms with Gasteiger partial charge in [-0.1, -0.05) is 18.2 Å². The Labute approximate surface area is 88.3 Å². The Hall–Kier alpha value is -1.77. The van der Waals surface area contributed by atoms with Crippen LogP contribution in [0, 0.1) is 0 Å². The van der Waals surface area contributed by atoms with Crippen LogP contribution in [0.2, 0.25) is 0 Å². The summed E-state index contributed by atoms with van der Waals surface area (Å²) in [5.74, 6) is 1.13. The van der Waals surface area contributed by atoms with Crippen molar-refractivity contribution in [2.24, 2.45) is 0 Å². The summed E-state index contributed by atoms with van der Waals surface area (Å²) in [6, 6.07) is 7.69. The van der Waals surface area contributed by atoms with Crippen molar-refractivity contribution in [3.05, 3.63) is 41.2 Å². The van der Waals surface area contributed by atoms with Crippen LogP contribution in [0.25, 0.3) is 0 Å². The number of carbonyl (C=O) groups is 1. The lowest BCUT2D eigenvalue weighted by atomic mass is 10.0. The first-order chi connectivity index (χ1) is 7.22. The number of para-hydroxylation sites is 1. The molecule has 0 spiro atoms. The molecule has 0 saturated carbocycles. The molecule has 3 nitrogen and oxygen atoms in total. The van der Waals surface area contributed by atoms with E-state index in [1.807, 2.05) is 24.3 Å². The lowest BCUT2D eigenvalue weighted by Gasteiger charge is -2.19. The van der Waals surface area contributed by atoms with Crippen LogP contribution in [0.3, 0.4) is 0 Å². The molecule has 1 heterocycles. The summed E-state index contributed by atoms with van der Waals surface area (Å²) in [5.41, 5.74) is 1.61. The van der Waals surface area contributed by atoms with Gasteiger partial charge in [0, 0.05) is 6.42 Å². The van der Waals surface area contributed by atoms with Gasteiger partial charge in [0.1, 0.15) is 11.5 Å². The lowest BCUT2D eigenvalue weighted by Crippen LogP contribution is -2.16. The molecule has 0 amide bonds. The number of esters is 1. The second kappa shape index (κ2) is 3.77. The van der Waals surface area contributed by atoms with E-state index in [0.717, 1.165) is 11.3 Å². The van der Waals surface area contributed by atoms with Crippen LogP contribution in [0.5, 0.6) is 5.75 Å². The van der Waals surface area contributed by atoms with Crippen LogP contribution < -0.4 is 4.74 Å². The van der Waals surface area contributed by atoms with Crippen LogP contribution in [-0.4, -0.2) is 13.1 Å². The quantitative estimate of drug-likeness (QED) is 0.657. The summed E-state index contributed by atoms with van der Waals surface area (Å²) in [6.45, 7) is 1.78. The minimum atomic E-state index is -0.318. The van der Waals surface area contributed by atoms with E-state index in [0.29, 0.717) is 17.8 Å². The Morgan fingerprint density at radius 3 is 2.87 bits per heavy atom. The van der Waals surface area contributed by atoms with Crippen LogP contribution in [0.15, 0.2) is 35.6 Å². The van der Waals surface area contributed by atoms with Crippen molar-refractivity contribution < 1.29 is 14.3 Å². The maximum absolute atomic E-state index is 11.4. The molecule has 1 aliphatic heterocycles. The number of rotatable bonds is 1. The Morgan fingerprint density at radius 1 is 1.40 bits per heavy atom. The molecule has 0 bridgehead atoms. The molecular formula is C12H12O3. The van der Waals surface area contributed by atoms with Gasteiger partial charge in [0.15, 0.2) is 0 Å². The number of carbonyl (C=O) groups excluding carboxylic acids is 1. The predicted molar refractivity (Wildman–Crippen MR) is 55.5 cm³/mol. The molecule has 15 heavy (non-hydrogen) atoms. The number of benzene rings is 1. The minimum absolute atomic E-state index is 0.318. The van der Waals surface area contributed by atoms with Gasteiger partial charge in [0.2, 0.25) is 0 Å². The van der Waals surface area contributed by atoms with E-state index in [1.54, 1.807) is 6.92 Å². The van der Waals surface area contributed by atoms with Crippen molar-refractivity contribution in [1.29, 1.82) is 0 Å². The Balaban J connectivity index is 2.35. The normalized spacial score (nSPS) is 14.3. The summed E-state index contributed by atoms with van der Waals surface area (Å²) in [6.07, 6.45) is 0.578. The van der Waals surface area contributed by atoms with Gasteiger partial charge in [-0.25, -0.2) is 4.79 Å². The maximum atomic E-state index is 11.4. The minimum Gasteiger partial charge on any atom is -0.466 e. The van der Waals surface area contributed by atoms with E-state index in [9.17, 15) is 4.79 Å². The monoisotopic (exact) mass is 204 g/mol. The molecule has 1 aromatic rings. The van der Waals surface area contributed by atoms with E-state index in [4.69, 9.17) is 9.47 Å². The first-order valence-electron chi connectivity index (χ1n) is 4.76. The van der Waals surface area contributed by atoms with Gasteiger partial charge in [-0.2, -0.15) is 0 Å². The average Bonchev–Trinajstić information content (AvgIpc) is 2.27. The number of allylic oxidation sites excluding steroid dienone is 1. The average molecular weight is 204 g/mol. The summed E-state index contributed by atoms with van der Waals surface area (Å²) in [5, 5.41) is 0. The van der Waals surface area contributed by atoms with Crippen molar-refractivity contribution in [3.63, 3.8) is 0 Å². The van der Waals surface area contributed by atoms with Crippen LogP contribution in [0.4, 0.5) is 0 Å². The number of hydrogen-bond acceptors (Lipinski definition) is 3. The summed E-state index contributed by atoms with van der Waals surface area (Å²) in [7, 11) is 1.38. The second-order valence-electron chi connectivity index (χ2n) is 3.41. The van der Waals surface area contributed by atoms with Gasteiger partial charge in [-0.3, -0.25) is 0 Å². The van der Waals surface area contributed by atoms with Crippen LogP contribution in [-0.2, 0) is 16.0 Å². The van der Waals surface area contributed by atoms with Crippen LogP contribution in [0.1, 0.15) is 12.5 Å². The Morgan fingerprint density at radius 2 is 2.13 bits per heavy atom. The highest BCUT2D eigenvalue weighted by atomic mass is 16.5. The number of methoxy groups -OCH3 is 1. The third kappa shape index (κ3) is 1.73. The van der Waals surface area contributed by atoms with Gasteiger partial charge in [0.25, 0.3) is 0 Å². The van der Waals surface area contributed by atoms with E-state index in [-0.39, 0.29) is 5.97 Å². The van der Waals surface area contributed by atoms with E-state index in [2.05, 4.69) is 0 Å². The molecule has 1 aromatic carbocycles. The fraction of sp³-hybridized carbons (Fsp3) is 0.250. The molecule has 0 atom stereocenters. The molecule has 0 aromatic heterocycles. The summed E-state index contributed by atoms with van der Waals surface area (Å²) >= 11 is 0. The topological polar surface area (TPSA) is 35.5 Å². The highest BCUT2D eigenvalue weighted by molar-refractivity contribution is 5.90. The zero-order valence-corrected chi connectivity index (χ0v) is 8.74. The van der Waals surface area contributed by atoms with Gasteiger partial charge >= 0.3 is 5.97 Å². The molecule has 0 saturated heterocycles. The molecule has 78 valence electrons. The molecular weight excluding hydrogens is 192 g/mol. The summed E-state index contributed by atoms with van der Waals surface area (Å²) in [4.78, 5) is 11.4. The zero-order chi connectivity index (χ0) is 10.8. The molecule has 0 unspecified atom stereocenters. The number of fused-ring (bicyclic) bond motifs is 1. The molecule has 0 aliphatic carbocycles. The predicted octanol–water partition coefficient (Wildman–Crippen LogP) is 2.07. The van der Waals surface area contributed by atoms with Gasteiger partial charge in [0.05, 0.1) is 12.7 Å².